The zero-order valence-electron chi connectivity index (χ0n) is 9.00. The Hall–Kier alpha value is -1.14. The highest BCUT2D eigenvalue weighted by Gasteiger charge is 2.42. The Morgan fingerprint density at radius 2 is 2.18 bits per heavy atom. The molecule has 2 heterocycles. The molecule has 1 saturated heterocycles. The van der Waals surface area contributed by atoms with E-state index < -0.39 is 17.3 Å². The van der Waals surface area contributed by atoms with E-state index in [0.717, 1.165) is 18.5 Å². The van der Waals surface area contributed by atoms with Crippen LogP contribution in [0.15, 0.2) is 18.5 Å². The number of hydrogen-bond acceptors (Lipinski definition) is 3. The lowest BCUT2D eigenvalue weighted by Crippen LogP contribution is -2.37. The largest absolute Gasteiger partial charge is 0.416 e. The maximum atomic E-state index is 12.8. The monoisotopic (exact) mass is 247 g/mol. The Kier molecular flexibility index (Phi) is 3.09. The lowest BCUT2D eigenvalue weighted by Gasteiger charge is -2.33. The van der Waals surface area contributed by atoms with E-state index in [-0.39, 0.29) is 18.6 Å². The second kappa shape index (κ2) is 4.27. The molecule has 1 aliphatic heterocycles. The number of pyridine rings is 1. The minimum absolute atomic E-state index is 0.123. The Bertz CT molecular complexity index is 400. The first kappa shape index (κ1) is 12.3. The fraction of sp³-hybridized carbons (Fsp3) is 0.545. The van der Waals surface area contributed by atoms with Crippen molar-refractivity contribution in [2.75, 3.05) is 13.2 Å². The third-order valence-electron chi connectivity index (χ3n) is 2.85. The molecule has 1 unspecified atom stereocenters. The van der Waals surface area contributed by atoms with Crippen LogP contribution in [0.25, 0.3) is 0 Å². The topological polar surface area (TPSA) is 42.4 Å². The molecule has 1 atom stereocenters. The molecule has 2 rings (SSSR count). The average molecular weight is 247 g/mol. The van der Waals surface area contributed by atoms with E-state index in [1.807, 2.05) is 0 Å². The van der Waals surface area contributed by atoms with Gasteiger partial charge in [0.05, 0.1) is 12.2 Å². The zero-order valence-corrected chi connectivity index (χ0v) is 9.00. The summed E-state index contributed by atoms with van der Waals surface area (Å²) in [5.41, 5.74) is -2.63. The Balaban J connectivity index is 2.44. The van der Waals surface area contributed by atoms with E-state index in [1.54, 1.807) is 0 Å². The number of aliphatic hydroxyl groups is 1. The van der Waals surface area contributed by atoms with Gasteiger partial charge in [-0.25, -0.2) is 0 Å². The van der Waals surface area contributed by atoms with Gasteiger partial charge in [-0.05, 0) is 18.9 Å². The summed E-state index contributed by atoms with van der Waals surface area (Å²) in [4.78, 5) is 3.66. The number of aromatic nitrogens is 1. The SMILES string of the molecule is OC1(c2cnccc2C(F)(F)F)CCCOC1. The molecular formula is C11H12F3NO2. The van der Waals surface area contributed by atoms with Crippen LogP contribution in [-0.2, 0) is 16.5 Å². The third-order valence-corrected chi connectivity index (χ3v) is 2.85. The molecule has 1 aliphatic rings. The summed E-state index contributed by atoms with van der Waals surface area (Å²) in [5, 5.41) is 10.2. The molecule has 1 aromatic heterocycles. The Morgan fingerprint density at radius 1 is 1.41 bits per heavy atom. The number of ether oxygens (including phenoxy) is 1. The molecular weight excluding hydrogens is 235 g/mol. The fourth-order valence-corrected chi connectivity index (χ4v) is 2.00. The van der Waals surface area contributed by atoms with Crippen LogP contribution in [-0.4, -0.2) is 23.3 Å². The van der Waals surface area contributed by atoms with E-state index in [2.05, 4.69) is 4.98 Å². The summed E-state index contributed by atoms with van der Waals surface area (Å²) in [7, 11) is 0. The van der Waals surface area contributed by atoms with E-state index in [1.165, 1.54) is 0 Å². The van der Waals surface area contributed by atoms with Gasteiger partial charge in [0.2, 0.25) is 0 Å². The van der Waals surface area contributed by atoms with Crippen molar-refractivity contribution < 1.29 is 23.0 Å². The molecule has 1 fully saturated rings. The van der Waals surface area contributed by atoms with Crippen LogP contribution in [0.1, 0.15) is 24.0 Å². The second-order valence-corrected chi connectivity index (χ2v) is 4.11. The van der Waals surface area contributed by atoms with Crippen molar-refractivity contribution in [1.29, 1.82) is 0 Å². The van der Waals surface area contributed by atoms with Gasteiger partial charge in [-0.1, -0.05) is 0 Å². The summed E-state index contributed by atoms with van der Waals surface area (Å²) >= 11 is 0. The molecule has 94 valence electrons. The smallest absolute Gasteiger partial charge is 0.383 e. The quantitative estimate of drug-likeness (QED) is 0.826. The molecule has 17 heavy (non-hydrogen) atoms. The van der Waals surface area contributed by atoms with E-state index in [9.17, 15) is 18.3 Å². The number of alkyl halides is 3. The van der Waals surface area contributed by atoms with Gasteiger partial charge in [0, 0.05) is 24.6 Å². The van der Waals surface area contributed by atoms with Gasteiger partial charge in [0.15, 0.2) is 0 Å². The van der Waals surface area contributed by atoms with Crippen molar-refractivity contribution in [3.8, 4) is 0 Å². The summed E-state index contributed by atoms with van der Waals surface area (Å²) < 4.78 is 43.4. The molecule has 3 nitrogen and oxygen atoms in total. The van der Waals surface area contributed by atoms with Gasteiger partial charge in [0.1, 0.15) is 5.60 Å². The minimum atomic E-state index is -4.49. The van der Waals surface area contributed by atoms with Gasteiger partial charge >= 0.3 is 6.18 Å². The molecule has 1 N–H and O–H groups in total. The second-order valence-electron chi connectivity index (χ2n) is 4.11. The highest BCUT2D eigenvalue weighted by molar-refractivity contribution is 5.32. The fourth-order valence-electron chi connectivity index (χ4n) is 2.00. The maximum absolute atomic E-state index is 12.8. The molecule has 0 bridgehead atoms. The van der Waals surface area contributed by atoms with Crippen molar-refractivity contribution in [3.63, 3.8) is 0 Å². The van der Waals surface area contributed by atoms with E-state index >= 15 is 0 Å². The lowest BCUT2D eigenvalue weighted by atomic mass is 9.86. The normalized spacial score (nSPS) is 25.9. The van der Waals surface area contributed by atoms with Crippen LogP contribution in [0, 0.1) is 0 Å². The summed E-state index contributed by atoms with van der Waals surface area (Å²) in [6, 6.07) is 0.877. The van der Waals surface area contributed by atoms with Crippen molar-refractivity contribution in [1.82, 2.24) is 4.98 Å². The predicted octanol–water partition coefficient (Wildman–Crippen LogP) is 2.10. The summed E-state index contributed by atoms with van der Waals surface area (Å²) in [6.45, 7) is 0.339. The van der Waals surface area contributed by atoms with Crippen LogP contribution >= 0.6 is 0 Å². The molecule has 1 aromatic rings. The first-order valence-corrected chi connectivity index (χ1v) is 5.25. The standard InChI is InChI=1S/C11H12F3NO2/c12-11(13,14)8-2-4-15-6-9(8)10(16)3-1-5-17-7-10/h2,4,6,16H,1,3,5,7H2. The molecule has 0 aliphatic carbocycles. The average Bonchev–Trinajstić information content (AvgIpc) is 2.29. The van der Waals surface area contributed by atoms with Crippen LogP contribution in [0.4, 0.5) is 13.2 Å². The molecule has 0 aromatic carbocycles. The lowest BCUT2D eigenvalue weighted by molar-refractivity contribution is -0.145. The summed E-state index contributed by atoms with van der Waals surface area (Å²) in [5.74, 6) is 0. The van der Waals surface area contributed by atoms with Crippen LogP contribution in [0.5, 0.6) is 0 Å². The van der Waals surface area contributed by atoms with E-state index in [4.69, 9.17) is 4.74 Å². The van der Waals surface area contributed by atoms with Crippen LogP contribution < -0.4 is 0 Å². The maximum Gasteiger partial charge on any atom is 0.416 e. The van der Waals surface area contributed by atoms with Gasteiger partial charge in [-0.15, -0.1) is 0 Å². The molecule has 0 amide bonds. The Labute approximate surface area is 96.2 Å². The highest BCUT2D eigenvalue weighted by Crippen LogP contribution is 2.39. The highest BCUT2D eigenvalue weighted by atomic mass is 19.4. The van der Waals surface area contributed by atoms with Crippen molar-refractivity contribution in [3.05, 3.63) is 29.6 Å². The number of rotatable bonds is 1. The Morgan fingerprint density at radius 3 is 2.76 bits per heavy atom. The zero-order chi connectivity index (χ0) is 12.5. The molecule has 0 radical (unpaired) electrons. The van der Waals surface area contributed by atoms with Crippen molar-refractivity contribution >= 4 is 0 Å². The molecule has 0 spiro atoms. The minimum Gasteiger partial charge on any atom is -0.383 e. The third kappa shape index (κ3) is 2.42. The van der Waals surface area contributed by atoms with Crippen molar-refractivity contribution in [2.45, 2.75) is 24.6 Å². The summed E-state index contributed by atoms with van der Waals surface area (Å²) in [6.07, 6.45) is -1.58. The number of hydrogen-bond donors (Lipinski definition) is 1. The van der Waals surface area contributed by atoms with Gasteiger partial charge < -0.3 is 9.84 Å². The molecule has 0 saturated carbocycles. The van der Waals surface area contributed by atoms with Crippen LogP contribution in [0.2, 0.25) is 0 Å². The predicted molar refractivity (Wildman–Crippen MR) is 53.2 cm³/mol. The number of halogens is 3. The first-order valence-electron chi connectivity index (χ1n) is 5.25. The van der Waals surface area contributed by atoms with Gasteiger partial charge in [0.25, 0.3) is 0 Å². The van der Waals surface area contributed by atoms with Crippen molar-refractivity contribution in [2.24, 2.45) is 0 Å². The van der Waals surface area contributed by atoms with Gasteiger partial charge in [-0.2, -0.15) is 13.2 Å². The first-order chi connectivity index (χ1) is 7.93. The van der Waals surface area contributed by atoms with E-state index in [0.29, 0.717) is 13.0 Å². The van der Waals surface area contributed by atoms with Gasteiger partial charge in [-0.3, -0.25) is 4.98 Å². The molecule has 6 heteroatoms. The number of nitrogens with zero attached hydrogens (tertiary/aromatic N) is 1. The van der Waals surface area contributed by atoms with Crippen LogP contribution in [0.3, 0.4) is 0 Å².